The molecule has 25 heavy (non-hydrogen) atoms. The first-order chi connectivity index (χ1) is 12.1. The average molecular weight is 342 g/mol. The standard InChI is InChI=1S/C18H16F2N4O/c19-12-7-8-14(20)16(10-12)24-17(25)6-3-9-21-18-13-4-1-2-5-15(13)22-11-23-18/h1-2,4-5,7-8,10-11H,3,6,9H2,(H,24,25)(H,21,22,23). The summed E-state index contributed by atoms with van der Waals surface area (Å²) in [6.07, 6.45) is 2.16. The Kier molecular flexibility index (Phi) is 5.13. The van der Waals surface area contributed by atoms with E-state index >= 15 is 0 Å². The van der Waals surface area contributed by atoms with Crippen LogP contribution < -0.4 is 10.6 Å². The van der Waals surface area contributed by atoms with Crippen LogP contribution in [0, 0.1) is 11.6 Å². The van der Waals surface area contributed by atoms with Crippen molar-refractivity contribution in [1.29, 1.82) is 0 Å². The Balaban J connectivity index is 1.51. The van der Waals surface area contributed by atoms with Gasteiger partial charge >= 0.3 is 0 Å². The van der Waals surface area contributed by atoms with Crippen LogP contribution in [0.5, 0.6) is 0 Å². The SMILES string of the molecule is O=C(CCCNc1ncnc2ccccc12)Nc1cc(F)ccc1F. The predicted octanol–water partition coefficient (Wildman–Crippen LogP) is 3.74. The molecule has 5 nitrogen and oxygen atoms in total. The van der Waals surface area contributed by atoms with E-state index in [0.717, 1.165) is 29.1 Å². The smallest absolute Gasteiger partial charge is 0.224 e. The lowest BCUT2D eigenvalue weighted by molar-refractivity contribution is -0.116. The zero-order valence-electron chi connectivity index (χ0n) is 13.3. The zero-order chi connectivity index (χ0) is 17.6. The Bertz CT molecular complexity index is 896. The summed E-state index contributed by atoms with van der Waals surface area (Å²) in [5.74, 6) is -0.949. The summed E-state index contributed by atoms with van der Waals surface area (Å²) in [7, 11) is 0. The van der Waals surface area contributed by atoms with Crippen LogP contribution in [-0.2, 0) is 4.79 Å². The van der Waals surface area contributed by atoms with Gasteiger partial charge in [-0.15, -0.1) is 0 Å². The van der Waals surface area contributed by atoms with Gasteiger partial charge in [-0.2, -0.15) is 0 Å². The number of anilines is 2. The molecule has 0 atom stereocenters. The van der Waals surface area contributed by atoms with Crippen molar-refractivity contribution in [3.63, 3.8) is 0 Å². The Labute approximate surface area is 143 Å². The first-order valence-corrected chi connectivity index (χ1v) is 7.82. The summed E-state index contributed by atoms with van der Waals surface area (Å²) < 4.78 is 26.6. The third-order valence-corrected chi connectivity index (χ3v) is 3.62. The van der Waals surface area contributed by atoms with E-state index < -0.39 is 11.6 Å². The molecule has 2 N–H and O–H groups in total. The van der Waals surface area contributed by atoms with Gasteiger partial charge in [0, 0.05) is 24.4 Å². The molecule has 0 aliphatic rings. The number of halogens is 2. The quantitative estimate of drug-likeness (QED) is 0.670. The van der Waals surface area contributed by atoms with Crippen LogP contribution in [0.25, 0.3) is 10.9 Å². The highest BCUT2D eigenvalue weighted by atomic mass is 19.1. The minimum Gasteiger partial charge on any atom is -0.369 e. The molecule has 0 unspecified atom stereocenters. The number of benzene rings is 2. The molecule has 7 heteroatoms. The van der Waals surface area contributed by atoms with Crippen LogP contribution >= 0.6 is 0 Å². The molecule has 1 heterocycles. The summed E-state index contributed by atoms with van der Waals surface area (Å²) in [4.78, 5) is 20.2. The van der Waals surface area contributed by atoms with Crippen molar-refractivity contribution in [1.82, 2.24) is 9.97 Å². The molecule has 0 saturated heterocycles. The number of carbonyl (C=O) groups is 1. The number of carbonyl (C=O) groups excluding carboxylic acids is 1. The summed E-state index contributed by atoms with van der Waals surface area (Å²) in [5, 5.41) is 6.43. The fourth-order valence-corrected chi connectivity index (χ4v) is 2.41. The highest BCUT2D eigenvalue weighted by Crippen LogP contribution is 2.18. The van der Waals surface area contributed by atoms with Crippen molar-refractivity contribution >= 4 is 28.3 Å². The molecular formula is C18H16F2N4O. The van der Waals surface area contributed by atoms with E-state index in [0.29, 0.717) is 18.8 Å². The highest BCUT2D eigenvalue weighted by molar-refractivity contribution is 5.91. The topological polar surface area (TPSA) is 66.9 Å². The number of nitrogens with zero attached hydrogens (tertiary/aromatic N) is 2. The predicted molar refractivity (Wildman–Crippen MR) is 92.2 cm³/mol. The lowest BCUT2D eigenvalue weighted by atomic mass is 10.2. The number of aromatic nitrogens is 2. The number of nitrogens with one attached hydrogen (secondary N) is 2. The molecule has 0 aliphatic heterocycles. The van der Waals surface area contributed by atoms with Gasteiger partial charge in [-0.1, -0.05) is 12.1 Å². The van der Waals surface area contributed by atoms with Crippen molar-refractivity contribution in [3.05, 3.63) is 60.4 Å². The van der Waals surface area contributed by atoms with E-state index in [1.165, 1.54) is 6.33 Å². The van der Waals surface area contributed by atoms with Crippen LogP contribution in [-0.4, -0.2) is 22.4 Å². The lowest BCUT2D eigenvalue weighted by Crippen LogP contribution is -2.14. The summed E-state index contributed by atoms with van der Waals surface area (Å²) in [5.41, 5.74) is 0.680. The van der Waals surface area contributed by atoms with Gasteiger partial charge in [-0.05, 0) is 30.7 Å². The summed E-state index contributed by atoms with van der Waals surface area (Å²) >= 11 is 0. The molecule has 1 amide bonds. The minimum absolute atomic E-state index is 0.153. The van der Waals surface area contributed by atoms with Crippen molar-refractivity contribution in [3.8, 4) is 0 Å². The molecule has 0 saturated carbocycles. The van der Waals surface area contributed by atoms with Gasteiger partial charge < -0.3 is 10.6 Å². The lowest BCUT2D eigenvalue weighted by Gasteiger charge is -2.09. The van der Waals surface area contributed by atoms with Crippen LogP contribution in [0.2, 0.25) is 0 Å². The molecule has 1 aromatic heterocycles. The normalized spacial score (nSPS) is 10.6. The van der Waals surface area contributed by atoms with E-state index in [1.54, 1.807) is 0 Å². The van der Waals surface area contributed by atoms with Gasteiger partial charge in [0.15, 0.2) is 0 Å². The van der Waals surface area contributed by atoms with Crippen LogP contribution in [0.3, 0.4) is 0 Å². The molecule has 3 rings (SSSR count). The Morgan fingerprint density at radius 2 is 1.92 bits per heavy atom. The Morgan fingerprint density at radius 1 is 1.08 bits per heavy atom. The molecule has 0 radical (unpaired) electrons. The van der Waals surface area contributed by atoms with E-state index in [9.17, 15) is 13.6 Å². The molecule has 128 valence electrons. The fourth-order valence-electron chi connectivity index (χ4n) is 2.41. The zero-order valence-corrected chi connectivity index (χ0v) is 13.3. The molecule has 0 fully saturated rings. The Morgan fingerprint density at radius 3 is 2.80 bits per heavy atom. The van der Waals surface area contributed by atoms with Crippen LogP contribution in [0.4, 0.5) is 20.3 Å². The third-order valence-electron chi connectivity index (χ3n) is 3.62. The van der Waals surface area contributed by atoms with Crippen molar-refractivity contribution in [2.45, 2.75) is 12.8 Å². The van der Waals surface area contributed by atoms with E-state index in [-0.39, 0.29) is 18.0 Å². The monoisotopic (exact) mass is 342 g/mol. The van der Waals surface area contributed by atoms with E-state index in [4.69, 9.17) is 0 Å². The van der Waals surface area contributed by atoms with Gasteiger partial charge in [0.2, 0.25) is 5.91 Å². The number of para-hydroxylation sites is 1. The molecule has 2 aromatic carbocycles. The van der Waals surface area contributed by atoms with Gasteiger partial charge in [-0.3, -0.25) is 4.79 Å². The minimum atomic E-state index is -0.666. The summed E-state index contributed by atoms with van der Waals surface area (Å²) in [6, 6.07) is 10.5. The second-order valence-corrected chi connectivity index (χ2v) is 5.44. The molecule has 0 bridgehead atoms. The second-order valence-electron chi connectivity index (χ2n) is 5.44. The van der Waals surface area contributed by atoms with Crippen LogP contribution in [0.15, 0.2) is 48.8 Å². The third kappa shape index (κ3) is 4.26. The van der Waals surface area contributed by atoms with Gasteiger partial charge in [0.05, 0.1) is 11.2 Å². The maximum absolute atomic E-state index is 13.5. The van der Waals surface area contributed by atoms with E-state index in [1.807, 2.05) is 24.3 Å². The number of rotatable bonds is 6. The number of hydrogen-bond donors (Lipinski definition) is 2. The molecule has 3 aromatic rings. The largest absolute Gasteiger partial charge is 0.369 e. The Hall–Kier alpha value is -3.09. The van der Waals surface area contributed by atoms with Gasteiger partial charge in [0.25, 0.3) is 0 Å². The molecular weight excluding hydrogens is 326 g/mol. The number of fused-ring (bicyclic) bond motifs is 1. The van der Waals surface area contributed by atoms with Crippen molar-refractivity contribution in [2.24, 2.45) is 0 Å². The summed E-state index contributed by atoms with van der Waals surface area (Å²) in [6.45, 7) is 0.514. The molecule has 0 spiro atoms. The molecule has 0 aliphatic carbocycles. The number of amides is 1. The van der Waals surface area contributed by atoms with Gasteiger partial charge in [0.1, 0.15) is 23.8 Å². The highest BCUT2D eigenvalue weighted by Gasteiger charge is 2.08. The van der Waals surface area contributed by atoms with Gasteiger partial charge in [-0.25, -0.2) is 18.7 Å². The van der Waals surface area contributed by atoms with Crippen LogP contribution in [0.1, 0.15) is 12.8 Å². The van der Waals surface area contributed by atoms with Crippen molar-refractivity contribution in [2.75, 3.05) is 17.2 Å². The average Bonchev–Trinajstić information content (AvgIpc) is 2.62. The maximum Gasteiger partial charge on any atom is 0.224 e. The fraction of sp³-hybridized carbons (Fsp3) is 0.167. The number of hydrogen-bond acceptors (Lipinski definition) is 4. The first kappa shape index (κ1) is 16.8. The maximum atomic E-state index is 13.5. The van der Waals surface area contributed by atoms with E-state index in [2.05, 4.69) is 20.6 Å². The van der Waals surface area contributed by atoms with Crippen molar-refractivity contribution < 1.29 is 13.6 Å². The second kappa shape index (κ2) is 7.65. The first-order valence-electron chi connectivity index (χ1n) is 7.82.